The third kappa shape index (κ3) is 3.30. The van der Waals surface area contributed by atoms with Crippen LogP contribution in [0.1, 0.15) is 26.0 Å². The molecule has 0 aliphatic heterocycles. The molecule has 23 heavy (non-hydrogen) atoms. The molecule has 118 valence electrons. The molecule has 0 radical (unpaired) electrons. The van der Waals surface area contributed by atoms with Crippen LogP contribution in [0.25, 0.3) is 16.8 Å². The minimum atomic E-state index is -0.0309. The van der Waals surface area contributed by atoms with Crippen molar-refractivity contribution in [3.05, 3.63) is 69.7 Å². The van der Waals surface area contributed by atoms with Crippen molar-refractivity contribution in [1.29, 1.82) is 0 Å². The Balaban J connectivity index is 2.23. The van der Waals surface area contributed by atoms with Gasteiger partial charge in [0.25, 0.3) is 5.56 Å². The van der Waals surface area contributed by atoms with E-state index in [0.29, 0.717) is 22.2 Å². The van der Waals surface area contributed by atoms with E-state index in [1.54, 1.807) is 10.6 Å². The van der Waals surface area contributed by atoms with Crippen LogP contribution in [-0.4, -0.2) is 9.38 Å². The van der Waals surface area contributed by atoms with Gasteiger partial charge in [0, 0.05) is 11.2 Å². The van der Waals surface area contributed by atoms with Gasteiger partial charge in [-0.3, -0.25) is 9.20 Å². The van der Waals surface area contributed by atoms with Gasteiger partial charge >= 0.3 is 0 Å². The smallest absolute Gasteiger partial charge is 0.265 e. The van der Waals surface area contributed by atoms with Gasteiger partial charge in [-0.05, 0) is 48.6 Å². The number of aryl methyl sites for hydroxylation is 1. The first-order chi connectivity index (χ1) is 11.1. The van der Waals surface area contributed by atoms with E-state index >= 15 is 0 Å². The van der Waals surface area contributed by atoms with E-state index in [4.69, 9.17) is 16.6 Å². The Kier molecular flexibility index (Phi) is 4.49. The van der Waals surface area contributed by atoms with E-state index in [1.165, 1.54) is 0 Å². The third-order valence-corrected chi connectivity index (χ3v) is 4.15. The quantitative estimate of drug-likeness (QED) is 0.702. The number of hydrogen-bond donors (Lipinski definition) is 0. The molecule has 4 heteroatoms. The van der Waals surface area contributed by atoms with Crippen molar-refractivity contribution in [2.45, 2.75) is 26.7 Å². The lowest BCUT2D eigenvalue weighted by molar-refractivity contribution is 0.581. The van der Waals surface area contributed by atoms with Crippen LogP contribution < -0.4 is 5.56 Å². The number of fused-ring (bicyclic) bond motifs is 1. The molecular formula is C19H19ClN2O. The van der Waals surface area contributed by atoms with Crippen molar-refractivity contribution in [3.8, 4) is 11.1 Å². The predicted octanol–water partition coefficient (Wildman–Crippen LogP) is 4.60. The number of halogens is 1. The van der Waals surface area contributed by atoms with Crippen molar-refractivity contribution in [2.24, 2.45) is 5.92 Å². The Morgan fingerprint density at radius 2 is 1.87 bits per heavy atom. The third-order valence-electron chi connectivity index (χ3n) is 3.90. The molecule has 0 bridgehead atoms. The second kappa shape index (κ2) is 6.55. The standard InChI is InChI=1S/C19H19ClN2O/c1-13(2)6-11-16-18(14-7-9-15(20)10-8-14)19(23)22-12-4-3-5-17(22)21-16/h3-5,7-10,12-13H,6,11H2,1-2H3. The fourth-order valence-electron chi connectivity index (χ4n) is 2.65. The molecule has 3 aromatic rings. The summed E-state index contributed by atoms with van der Waals surface area (Å²) in [5, 5.41) is 0.659. The SMILES string of the molecule is CC(C)CCc1nc2ccccn2c(=O)c1-c1ccc(Cl)cc1. The molecule has 0 aliphatic carbocycles. The monoisotopic (exact) mass is 326 g/mol. The molecule has 1 aromatic carbocycles. The van der Waals surface area contributed by atoms with Crippen LogP contribution in [0.2, 0.25) is 5.02 Å². The summed E-state index contributed by atoms with van der Waals surface area (Å²) in [5.41, 5.74) is 3.05. The van der Waals surface area contributed by atoms with Crippen LogP contribution in [0.4, 0.5) is 0 Å². The topological polar surface area (TPSA) is 34.4 Å². The first-order valence-electron chi connectivity index (χ1n) is 7.82. The van der Waals surface area contributed by atoms with E-state index in [-0.39, 0.29) is 5.56 Å². The molecule has 0 saturated heterocycles. The number of pyridine rings is 1. The molecule has 3 nitrogen and oxygen atoms in total. The normalized spacial score (nSPS) is 11.3. The Hall–Kier alpha value is -2.13. The summed E-state index contributed by atoms with van der Waals surface area (Å²) in [4.78, 5) is 17.7. The first-order valence-corrected chi connectivity index (χ1v) is 8.20. The average molecular weight is 327 g/mol. The largest absolute Gasteiger partial charge is 0.268 e. The van der Waals surface area contributed by atoms with Gasteiger partial charge < -0.3 is 0 Å². The highest BCUT2D eigenvalue weighted by Gasteiger charge is 2.15. The highest BCUT2D eigenvalue weighted by molar-refractivity contribution is 6.30. The van der Waals surface area contributed by atoms with Crippen LogP contribution in [0.15, 0.2) is 53.5 Å². The van der Waals surface area contributed by atoms with E-state index in [9.17, 15) is 4.79 Å². The van der Waals surface area contributed by atoms with Crippen molar-refractivity contribution in [2.75, 3.05) is 0 Å². The maximum absolute atomic E-state index is 13.0. The van der Waals surface area contributed by atoms with E-state index in [0.717, 1.165) is 24.1 Å². The van der Waals surface area contributed by atoms with Crippen molar-refractivity contribution in [1.82, 2.24) is 9.38 Å². The van der Waals surface area contributed by atoms with Crippen LogP contribution in [0.3, 0.4) is 0 Å². The Bertz CT molecular complexity index is 882. The van der Waals surface area contributed by atoms with Crippen molar-refractivity contribution >= 4 is 17.2 Å². The zero-order chi connectivity index (χ0) is 16.4. The maximum Gasteiger partial charge on any atom is 0.265 e. The number of benzene rings is 1. The molecule has 3 rings (SSSR count). The first kappa shape index (κ1) is 15.8. The summed E-state index contributed by atoms with van der Waals surface area (Å²) >= 11 is 5.98. The lowest BCUT2D eigenvalue weighted by Gasteiger charge is -2.12. The highest BCUT2D eigenvalue weighted by Crippen LogP contribution is 2.23. The van der Waals surface area contributed by atoms with Gasteiger partial charge in [0.1, 0.15) is 5.65 Å². The summed E-state index contributed by atoms with van der Waals surface area (Å²) in [6.07, 6.45) is 3.54. The highest BCUT2D eigenvalue weighted by atomic mass is 35.5. The second-order valence-corrected chi connectivity index (χ2v) is 6.54. The maximum atomic E-state index is 13.0. The van der Waals surface area contributed by atoms with Crippen LogP contribution in [-0.2, 0) is 6.42 Å². The summed E-state index contributed by atoms with van der Waals surface area (Å²) in [7, 11) is 0. The van der Waals surface area contributed by atoms with Crippen LogP contribution in [0, 0.1) is 5.92 Å². The molecule has 0 fully saturated rings. The van der Waals surface area contributed by atoms with E-state index in [1.807, 2.05) is 42.5 Å². The molecule has 0 saturated carbocycles. The summed E-state index contributed by atoms with van der Waals surface area (Å²) in [5.74, 6) is 0.559. The number of rotatable bonds is 4. The Morgan fingerprint density at radius 1 is 1.13 bits per heavy atom. The van der Waals surface area contributed by atoms with E-state index in [2.05, 4.69) is 13.8 Å². The van der Waals surface area contributed by atoms with Crippen molar-refractivity contribution in [3.63, 3.8) is 0 Å². The number of aromatic nitrogens is 2. The summed E-state index contributed by atoms with van der Waals surface area (Å²) < 4.78 is 1.60. The predicted molar refractivity (Wildman–Crippen MR) is 95.1 cm³/mol. The average Bonchev–Trinajstić information content (AvgIpc) is 2.54. The van der Waals surface area contributed by atoms with Gasteiger partial charge in [0.05, 0.1) is 11.3 Å². The molecule has 0 unspecified atom stereocenters. The molecule has 0 aliphatic rings. The fraction of sp³-hybridized carbons (Fsp3) is 0.263. The van der Waals surface area contributed by atoms with Crippen LogP contribution >= 0.6 is 11.6 Å². The minimum absolute atomic E-state index is 0.0309. The molecule has 0 N–H and O–H groups in total. The van der Waals surface area contributed by atoms with E-state index < -0.39 is 0 Å². The number of nitrogens with zero attached hydrogens (tertiary/aromatic N) is 2. The molecule has 2 aromatic heterocycles. The summed E-state index contributed by atoms with van der Waals surface area (Å²) in [6.45, 7) is 4.35. The second-order valence-electron chi connectivity index (χ2n) is 6.11. The zero-order valence-corrected chi connectivity index (χ0v) is 14.0. The Morgan fingerprint density at radius 3 is 2.57 bits per heavy atom. The summed E-state index contributed by atoms with van der Waals surface area (Å²) in [6, 6.07) is 13.0. The zero-order valence-electron chi connectivity index (χ0n) is 13.3. The molecule has 0 spiro atoms. The van der Waals surface area contributed by atoms with Crippen LogP contribution in [0.5, 0.6) is 0 Å². The fourth-order valence-corrected chi connectivity index (χ4v) is 2.77. The van der Waals surface area contributed by atoms with Gasteiger partial charge in [-0.15, -0.1) is 0 Å². The van der Waals surface area contributed by atoms with Crippen molar-refractivity contribution < 1.29 is 0 Å². The lowest BCUT2D eigenvalue weighted by Crippen LogP contribution is -2.20. The molecular weight excluding hydrogens is 308 g/mol. The van der Waals surface area contributed by atoms with Gasteiger partial charge in [-0.25, -0.2) is 4.98 Å². The Labute approximate surface area is 140 Å². The van der Waals surface area contributed by atoms with Gasteiger partial charge in [-0.1, -0.05) is 43.6 Å². The molecule has 0 amide bonds. The lowest BCUT2D eigenvalue weighted by atomic mass is 9.99. The molecule has 0 atom stereocenters. The van der Waals surface area contributed by atoms with Gasteiger partial charge in [0.15, 0.2) is 0 Å². The van der Waals surface area contributed by atoms with Gasteiger partial charge in [-0.2, -0.15) is 0 Å². The van der Waals surface area contributed by atoms with Gasteiger partial charge in [0.2, 0.25) is 0 Å². The minimum Gasteiger partial charge on any atom is -0.268 e. The molecule has 2 heterocycles. The number of hydrogen-bond acceptors (Lipinski definition) is 2.